The highest BCUT2D eigenvalue weighted by Crippen LogP contribution is 2.43. The summed E-state index contributed by atoms with van der Waals surface area (Å²) in [6, 6.07) is 9.80. The predicted octanol–water partition coefficient (Wildman–Crippen LogP) is 4.81. The largest absolute Gasteiger partial charge is 0.477 e. The van der Waals surface area contributed by atoms with Crippen LogP contribution in [-0.2, 0) is 0 Å². The van der Waals surface area contributed by atoms with E-state index in [1.807, 2.05) is 31.3 Å². The number of aromatic carboxylic acids is 1. The number of likely N-dealkylation sites (N-methyl/N-ethyl adjacent to an activating group) is 1. The van der Waals surface area contributed by atoms with Gasteiger partial charge in [0.15, 0.2) is 0 Å². The molecule has 2 aliphatic rings. The van der Waals surface area contributed by atoms with Crippen molar-refractivity contribution >= 4 is 28.6 Å². The lowest BCUT2D eigenvalue weighted by molar-refractivity contribution is 0.0702. The number of nitrogens with zero attached hydrogens (tertiary/aromatic N) is 1. The van der Waals surface area contributed by atoms with E-state index in [2.05, 4.69) is 23.3 Å². The van der Waals surface area contributed by atoms with Gasteiger partial charge in [-0.15, -0.1) is 11.3 Å². The molecule has 0 radical (unpaired) electrons. The Balaban J connectivity index is 1.71. The van der Waals surface area contributed by atoms with Crippen LogP contribution in [0.4, 0.5) is 5.69 Å². The quantitative estimate of drug-likeness (QED) is 0.563. The summed E-state index contributed by atoms with van der Waals surface area (Å²) in [5.74, 6) is 0.497. The van der Waals surface area contributed by atoms with Crippen LogP contribution in [0.25, 0.3) is 16.0 Å². The molecule has 1 aromatic carbocycles. The molecular weight excluding hydrogens is 406 g/mol. The average Bonchev–Trinajstić information content (AvgIpc) is 3.21. The summed E-state index contributed by atoms with van der Waals surface area (Å²) in [5.41, 5.74) is 11.3. The first-order chi connectivity index (χ1) is 15.0. The lowest BCUT2D eigenvalue weighted by Crippen LogP contribution is -2.32. The predicted molar refractivity (Wildman–Crippen MR) is 130 cm³/mol. The number of rotatable bonds is 6. The summed E-state index contributed by atoms with van der Waals surface area (Å²) in [4.78, 5) is 16.0. The number of hydrogen-bond donors (Lipinski definition) is 3. The van der Waals surface area contributed by atoms with E-state index in [-0.39, 0.29) is 0 Å². The summed E-state index contributed by atoms with van der Waals surface area (Å²) in [6.07, 6.45) is 5.82. The van der Waals surface area contributed by atoms with E-state index in [4.69, 9.17) is 5.73 Å². The van der Waals surface area contributed by atoms with Crippen molar-refractivity contribution in [2.45, 2.75) is 32.1 Å². The van der Waals surface area contributed by atoms with Crippen molar-refractivity contribution in [2.75, 3.05) is 39.5 Å². The van der Waals surface area contributed by atoms with Crippen molar-refractivity contribution in [3.05, 3.63) is 46.3 Å². The second-order valence-corrected chi connectivity index (χ2v) is 10.1. The van der Waals surface area contributed by atoms with Gasteiger partial charge >= 0.3 is 5.97 Å². The highest BCUT2D eigenvalue weighted by atomic mass is 32.1. The maximum Gasteiger partial charge on any atom is 0.346 e. The molecule has 1 aliphatic carbocycles. The number of carboxylic acids is 1. The zero-order valence-electron chi connectivity index (χ0n) is 18.5. The van der Waals surface area contributed by atoms with Crippen molar-refractivity contribution in [1.29, 1.82) is 0 Å². The van der Waals surface area contributed by atoms with E-state index in [1.165, 1.54) is 48.2 Å². The molecule has 2 aromatic rings. The minimum absolute atomic E-state index is 0.466. The van der Waals surface area contributed by atoms with E-state index in [1.54, 1.807) is 0 Å². The number of carbonyl (C=O) groups is 1. The molecule has 4 rings (SSSR count). The standard InChI is InChI=1S/C25H33N3O2S/c1-27-14-16-3-5-17(6-4-16)22-15-28(2)12-11-20(22)21-13-23(31-24(21)25(29)30)18-7-9-19(26)10-8-18/h7-10,13,16-17,27H,3-6,11-12,14-15,26H2,1-2H3,(H,29,30). The van der Waals surface area contributed by atoms with Gasteiger partial charge in [-0.1, -0.05) is 12.1 Å². The fourth-order valence-corrected chi connectivity index (χ4v) is 6.21. The Morgan fingerprint density at radius 3 is 2.58 bits per heavy atom. The van der Waals surface area contributed by atoms with E-state index in [0.29, 0.717) is 16.5 Å². The lowest BCUT2D eigenvalue weighted by atomic mass is 9.75. The Morgan fingerprint density at radius 1 is 1.23 bits per heavy atom. The normalized spacial score (nSPS) is 22.6. The summed E-state index contributed by atoms with van der Waals surface area (Å²) in [7, 11) is 4.21. The molecule has 166 valence electrons. The molecule has 0 saturated heterocycles. The number of thiophene rings is 1. The van der Waals surface area contributed by atoms with Gasteiger partial charge in [0, 0.05) is 29.2 Å². The van der Waals surface area contributed by atoms with Crippen LogP contribution < -0.4 is 11.1 Å². The highest BCUT2D eigenvalue weighted by molar-refractivity contribution is 7.17. The monoisotopic (exact) mass is 439 g/mol. The first kappa shape index (κ1) is 22.1. The number of carboxylic acid groups (broad SMARTS) is 1. The Labute approximate surface area is 189 Å². The summed E-state index contributed by atoms with van der Waals surface area (Å²) >= 11 is 1.38. The number of nitrogens with one attached hydrogen (secondary N) is 1. The van der Waals surface area contributed by atoms with Crippen LogP contribution in [0.3, 0.4) is 0 Å². The molecule has 1 aliphatic heterocycles. The third kappa shape index (κ3) is 4.86. The van der Waals surface area contributed by atoms with Crippen LogP contribution in [-0.4, -0.2) is 49.7 Å². The zero-order chi connectivity index (χ0) is 22.0. The van der Waals surface area contributed by atoms with Gasteiger partial charge in [0.2, 0.25) is 0 Å². The minimum atomic E-state index is -0.829. The second-order valence-electron chi connectivity index (χ2n) is 9.05. The molecule has 31 heavy (non-hydrogen) atoms. The molecule has 0 spiro atoms. The van der Waals surface area contributed by atoms with E-state index in [9.17, 15) is 9.90 Å². The number of nitrogen functional groups attached to an aromatic ring is 1. The van der Waals surface area contributed by atoms with Gasteiger partial charge < -0.3 is 21.1 Å². The molecule has 0 amide bonds. The first-order valence-electron chi connectivity index (χ1n) is 11.2. The number of anilines is 1. The van der Waals surface area contributed by atoms with Gasteiger partial charge in [-0.05, 0) is 99.5 Å². The highest BCUT2D eigenvalue weighted by Gasteiger charge is 2.30. The smallest absolute Gasteiger partial charge is 0.346 e. The van der Waals surface area contributed by atoms with Crippen LogP contribution >= 0.6 is 11.3 Å². The molecular formula is C25H33N3O2S. The molecule has 6 heteroatoms. The molecule has 4 N–H and O–H groups in total. The summed E-state index contributed by atoms with van der Waals surface area (Å²) in [5, 5.41) is 13.3. The number of hydrogen-bond acceptors (Lipinski definition) is 5. The van der Waals surface area contributed by atoms with Crippen molar-refractivity contribution in [1.82, 2.24) is 10.2 Å². The SMILES string of the molecule is CNCC1CCC(C2=C(c3cc(-c4ccc(N)cc4)sc3C(=O)O)CCN(C)C2)CC1. The first-order valence-corrected chi connectivity index (χ1v) is 12.1. The molecule has 1 fully saturated rings. The lowest BCUT2D eigenvalue weighted by Gasteiger charge is -2.36. The van der Waals surface area contributed by atoms with E-state index >= 15 is 0 Å². The zero-order valence-corrected chi connectivity index (χ0v) is 19.3. The van der Waals surface area contributed by atoms with Crippen LogP contribution in [0.15, 0.2) is 35.9 Å². The maximum atomic E-state index is 12.2. The van der Waals surface area contributed by atoms with Crippen LogP contribution in [0.2, 0.25) is 0 Å². The second kappa shape index (κ2) is 9.55. The van der Waals surface area contributed by atoms with Crippen LogP contribution in [0, 0.1) is 11.8 Å². The minimum Gasteiger partial charge on any atom is -0.477 e. The maximum absolute atomic E-state index is 12.2. The Kier molecular flexibility index (Phi) is 6.80. The van der Waals surface area contributed by atoms with Crippen molar-refractivity contribution in [2.24, 2.45) is 11.8 Å². The van der Waals surface area contributed by atoms with E-state index in [0.717, 1.165) is 48.0 Å². The van der Waals surface area contributed by atoms with Gasteiger partial charge in [-0.25, -0.2) is 4.79 Å². The molecule has 1 saturated carbocycles. The van der Waals surface area contributed by atoms with Gasteiger partial charge in [-0.3, -0.25) is 0 Å². The summed E-state index contributed by atoms with van der Waals surface area (Å²) < 4.78 is 0. The third-order valence-electron chi connectivity index (χ3n) is 6.85. The Hall–Kier alpha value is -2.15. The fourth-order valence-electron chi connectivity index (χ4n) is 5.18. The number of nitrogens with two attached hydrogens (primary N) is 1. The molecule has 0 unspecified atom stereocenters. The van der Waals surface area contributed by atoms with Crippen molar-refractivity contribution in [3.63, 3.8) is 0 Å². The topological polar surface area (TPSA) is 78.6 Å². The van der Waals surface area contributed by atoms with Crippen LogP contribution in [0.5, 0.6) is 0 Å². The fraction of sp³-hybridized carbons (Fsp3) is 0.480. The van der Waals surface area contributed by atoms with Gasteiger partial charge in [-0.2, -0.15) is 0 Å². The van der Waals surface area contributed by atoms with Crippen molar-refractivity contribution < 1.29 is 9.90 Å². The van der Waals surface area contributed by atoms with Gasteiger partial charge in [0.1, 0.15) is 4.88 Å². The summed E-state index contributed by atoms with van der Waals surface area (Å²) in [6.45, 7) is 3.01. The third-order valence-corrected chi connectivity index (χ3v) is 8.02. The molecule has 2 heterocycles. The average molecular weight is 440 g/mol. The van der Waals surface area contributed by atoms with Crippen LogP contribution in [0.1, 0.15) is 47.3 Å². The van der Waals surface area contributed by atoms with E-state index < -0.39 is 5.97 Å². The van der Waals surface area contributed by atoms with Crippen molar-refractivity contribution in [3.8, 4) is 10.4 Å². The number of benzene rings is 1. The van der Waals surface area contributed by atoms with Gasteiger partial charge in [0.25, 0.3) is 0 Å². The van der Waals surface area contributed by atoms with Gasteiger partial charge in [0.05, 0.1) is 0 Å². The molecule has 0 atom stereocenters. The molecule has 5 nitrogen and oxygen atoms in total. The Bertz CT molecular complexity index is 956. The Morgan fingerprint density at radius 2 is 1.94 bits per heavy atom. The molecule has 0 bridgehead atoms. The molecule has 1 aromatic heterocycles.